The third-order valence-electron chi connectivity index (χ3n) is 5.83. The first-order chi connectivity index (χ1) is 17.7. The molecule has 0 aliphatic heterocycles. The van der Waals surface area contributed by atoms with Crippen LogP contribution in [0, 0.1) is 0 Å². The van der Waals surface area contributed by atoms with Gasteiger partial charge in [-0.1, -0.05) is 66.7 Å². The van der Waals surface area contributed by atoms with Crippen molar-refractivity contribution in [2.45, 2.75) is 26.1 Å². The van der Waals surface area contributed by atoms with E-state index in [1.165, 1.54) is 0 Å². The fourth-order valence-corrected chi connectivity index (χ4v) is 3.83. The molecule has 0 unspecified atom stereocenters. The van der Waals surface area contributed by atoms with Gasteiger partial charge in [-0.15, -0.1) is 0 Å². The number of aryl methyl sites for hydroxylation is 1. The van der Waals surface area contributed by atoms with Crippen molar-refractivity contribution in [3.05, 3.63) is 119 Å². The lowest BCUT2D eigenvalue weighted by atomic mass is 10.0. The highest BCUT2D eigenvalue weighted by Crippen LogP contribution is 2.31. The van der Waals surface area contributed by atoms with E-state index in [-0.39, 0.29) is 5.78 Å². The minimum Gasteiger partial charge on any atom is -0.493 e. The van der Waals surface area contributed by atoms with Crippen LogP contribution in [0.2, 0.25) is 0 Å². The largest absolute Gasteiger partial charge is 0.493 e. The Labute approximate surface area is 212 Å². The van der Waals surface area contributed by atoms with Gasteiger partial charge in [0.05, 0.1) is 14.2 Å². The van der Waals surface area contributed by atoms with Gasteiger partial charge in [0.2, 0.25) is 0 Å². The molecule has 0 bridgehead atoms. The van der Waals surface area contributed by atoms with Gasteiger partial charge in [-0.3, -0.25) is 4.79 Å². The van der Waals surface area contributed by atoms with Gasteiger partial charge >= 0.3 is 0 Å². The van der Waals surface area contributed by atoms with Crippen LogP contribution >= 0.6 is 0 Å². The second-order valence-corrected chi connectivity index (χ2v) is 8.32. The van der Waals surface area contributed by atoms with E-state index in [1.54, 1.807) is 32.4 Å². The minimum atomic E-state index is 0.0322. The number of hydrogen-bond acceptors (Lipinski definition) is 5. The second-order valence-electron chi connectivity index (χ2n) is 8.32. The summed E-state index contributed by atoms with van der Waals surface area (Å²) < 4.78 is 22.9. The predicted octanol–water partition coefficient (Wildman–Crippen LogP) is 6.68. The Morgan fingerprint density at radius 1 is 0.583 bits per heavy atom. The maximum Gasteiger partial charge on any atom is 0.163 e. The molecule has 0 fully saturated rings. The number of carbonyl (C=O) groups excluding carboxylic acids is 1. The number of carbonyl (C=O) groups is 1. The Kier molecular flexibility index (Phi) is 8.60. The summed E-state index contributed by atoms with van der Waals surface area (Å²) in [6, 6.07) is 30.9. The molecule has 0 saturated heterocycles. The van der Waals surface area contributed by atoms with Crippen molar-refractivity contribution in [3.63, 3.8) is 0 Å². The zero-order valence-corrected chi connectivity index (χ0v) is 20.6. The number of benzene rings is 4. The van der Waals surface area contributed by atoms with Crippen molar-refractivity contribution in [2.24, 2.45) is 0 Å². The molecule has 4 aromatic carbocycles. The molecular formula is C31H30O5. The van der Waals surface area contributed by atoms with E-state index in [9.17, 15) is 4.79 Å². The van der Waals surface area contributed by atoms with Gasteiger partial charge in [0.25, 0.3) is 0 Å². The smallest absolute Gasteiger partial charge is 0.163 e. The fourth-order valence-electron chi connectivity index (χ4n) is 3.83. The molecule has 0 radical (unpaired) electrons. The third-order valence-corrected chi connectivity index (χ3v) is 5.83. The lowest BCUT2D eigenvalue weighted by molar-refractivity contribution is 0.0982. The summed E-state index contributed by atoms with van der Waals surface area (Å²) in [5.74, 6) is 2.50. The molecule has 4 rings (SSSR count). The molecule has 0 spiro atoms. The quantitative estimate of drug-likeness (QED) is 0.211. The minimum absolute atomic E-state index is 0.0322. The van der Waals surface area contributed by atoms with Gasteiger partial charge in [0.1, 0.15) is 13.2 Å². The van der Waals surface area contributed by atoms with Crippen LogP contribution in [0.1, 0.15) is 33.5 Å². The van der Waals surface area contributed by atoms with Crippen LogP contribution in [0.25, 0.3) is 0 Å². The van der Waals surface area contributed by atoms with E-state index in [2.05, 4.69) is 0 Å². The van der Waals surface area contributed by atoms with Crippen LogP contribution in [-0.4, -0.2) is 20.0 Å². The molecule has 5 heteroatoms. The van der Waals surface area contributed by atoms with Crippen LogP contribution in [0.3, 0.4) is 0 Å². The van der Waals surface area contributed by atoms with E-state index < -0.39 is 0 Å². The van der Waals surface area contributed by atoms with Crippen molar-refractivity contribution in [1.82, 2.24) is 0 Å². The summed E-state index contributed by atoms with van der Waals surface area (Å²) in [5, 5.41) is 0. The molecule has 0 N–H and O–H groups in total. The van der Waals surface area contributed by atoms with E-state index in [1.807, 2.05) is 78.9 Å². The highest BCUT2D eigenvalue weighted by atomic mass is 16.5. The van der Waals surface area contributed by atoms with Crippen molar-refractivity contribution in [3.8, 4) is 23.0 Å². The first-order valence-corrected chi connectivity index (χ1v) is 11.9. The summed E-state index contributed by atoms with van der Waals surface area (Å²) in [4.78, 5) is 13.0. The molecule has 0 amide bonds. The van der Waals surface area contributed by atoms with Gasteiger partial charge < -0.3 is 18.9 Å². The van der Waals surface area contributed by atoms with Gasteiger partial charge in [-0.25, -0.2) is 0 Å². The average Bonchev–Trinajstić information content (AvgIpc) is 2.94. The zero-order chi connectivity index (χ0) is 25.2. The Balaban J connectivity index is 1.40. The van der Waals surface area contributed by atoms with E-state index in [0.29, 0.717) is 54.6 Å². The number of methoxy groups -OCH3 is 2. The standard InChI is InChI=1S/C31H30O5/c1-33-28-17-14-23(19-30(28)35-21-24-9-5-3-6-10-24)13-16-27(32)26-15-18-29(34-2)31(20-26)36-22-25-11-7-4-8-12-25/h3-12,14-15,17-20H,13,16,21-22H2,1-2H3. The zero-order valence-electron chi connectivity index (χ0n) is 20.6. The van der Waals surface area contributed by atoms with Gasteiger partial charge in [0.15, 0.2) is 28.8 Å². The van der Waals surface area contributed by atoms with Crippen molar-refractivity contribution >= 4 is 5.78 Å². The number of rotatable bonds is 12. The first kappa shape index (κ1) is 24.9. The summed E-state index contributed by atoms with van der Waals surface area (Å²) >= 11 is 0. The van der Waals surface area contributed by atoms with E-state index >= 15 is 0 Å². The summed E-state index contributed by atoms with van der Waals surface area (Å²) in [6.07, 6.45) is 0.936. The normalized spacial score (nSPS) is 10.5. The molecule has 0 aliphatic carbocycles. The van der Waals surface area contributed by atoms with Crippen LogP contribution in [-0.2, 0) is 19.6 Å². The molecule has 36 heavy (non-hydrogen) atoms. The van der Waals surface area contributed by atoms with E-state index in [4.69, 9.17) is 18.9 Å². The Hall–Kier alpha value is -4.25. The first-order valence-electron chi connectivity index (χ1n) is 11.9. The molecular weight excluding hydrogens is 452 g/mol. The Bertz CT molecular complexity index is 1270. The van der Waals surface area contributed by atoms with Gasteiger partial charge in [0, 0.05) is 12.0 Å². The summed E-state index contributed by atoms with van der Waals surface area (Å²) in [7, 11) is 3.21. The van der Waals surface area contributed by atoms with Crippen molar-refractivity contribution < 1.29 is 23.7 Å². The lowest BCUT2D eigenvalue weighted by Crippen LogP contribution is -2.04. The fraction of sp³-hybridized carbons (Fsp3) is 0.194. The molecule has 184 valence electrons. The molecule has 4 aromatic rings. The van der Waals surface area contributed by atoms with Crippen LogP contribution in [0.15, 0.2) is 97.1 Å². The predicted molar refractivity (Wildman–Crippen MR) is 140 cm³/mol. The molecule has 0 saturated carbocycles. The van der Waals surface area contributed by atoms with Crippen molar-refractivity contribution in [2.75, 3.05) is 14.2 Å². The Morgan fingerprint density at radius 2 is 1.11 bits per heavy atom. The Morgan fingerprint density at radius 3 is 1.67 bits per heavy atom. The monoisotopic (exact) mass is 482 g/mol. The number of Topliss-reactive ketones (excluding diaryl/α,β-unsaturated/α-hetero) is 1. The third kappa shape index (κ3) is 6.66. The molecule has 0 atom stereocenters. The second kappa shape index (κ2) is 12.5. The van der Waals surface area contributed by atoms with Gasteiger partial charge in [-0.2, -0.15) is 0 Å². The molecule has 0 heterocycles. The number of hydrogen-bond donors (Lipinski definition) is 0. The highest BCUT2D eigenvalue weighted by Gasteiger charge is 2.13. The van der Waals surface area contributed by atoms with Crippen LogP contribution < -0.4 is 18.9 Å². The van der Waals surface area contributed by atoms with Crippen LogP contribution in [0.4, 0.5) is 0 Å². The van der Waals surface area contributed by atoms with E-state index in [0.717, 1.165) is 16.7 Å². The van der Waals surface area contributed by atoms with Crippen LogP contribution in [0.5, 0.6) is 23.0 Å². The molecule has 5 nitrogen and oxygen atoms in total. The molecule has 0 aromatic heterocycles. The van der Waals surface area contributed by atoms with Crippen molar-refractivity contribution in [1.29, 1.82) is 0 Å². The number of ketones is 1. The topological polar surface area (TPSA) is 54.0 Å². The maximum atomic E-state index is 13.0. The highest BCUT2D eigenvalue weighted by molar-refractivity contribution is 5.96. The summed E-state index contributed by atoms with van der Waals surface area (Å²) in [5.41, 5.74) is 3.71. The lowest BCUT2D eigenvalue weighted by Gasteiger charge is -2.13. The summed E-state index contributed by atoms with van der Waals surface area (Å²) in [6.45, 7) is 0.837. The SMILES string of the molecule is COc1ccc(CCC(=O)c2ccc(OC)c(OCc3ccccc3)c2)cc1OCc1ccccc1. The molecule has 0 aliphatic rings. The number of ether oxygens (including phenoxy) is 4. The van der Waals surface area contributed by atoms with Gasteiger partial charge in [-0.05, 0) is 53.4 Å². The average molecular weight is 483 g/mol. The maximum absolute atomic E-state index is 13.0.